The fourth-order valence-electron chi connectivity index (χ4n) is 0.352. The Hall–Kier alpha value is -0.990. The molecule has 52 valence electrons. The number of aliphatic hydroxyl groups is 1. The first kappa shape index (κ1) is 8.01. The number of rotatable bonds is 1. The number of amides is 1. The van der Waals surface area contributed by atoms with Gasteiger partial charge in [0.05, 0.1) is 11.3 Å². The maximum atomic E-state index is 10.6. The molecule has 0 saturated carbocycles. The highest BCUT2D eigenvalue weighted by Gasteiger charge is 2.02. The number of hydrogen-bond donors (Lipinski definition) is 2. The van der Waals surface area contributed by atoms with E-state index in [1.54, 1.807) is 6.92 Å². The van der Waals surface area contributed by atoms with Gasteiger partial charge in [0.15, 0.2) is 0 Å². The lowest BCUT2D eigenvalue weighted by molar-refractivity contribution is -0.117. The fraction of sp³-hybridized carbons (Fsp3) is 0.500. The number of allylic oxidation sites excluding steroid dienone is 1. The van der Waals surface area contributed by atoms with Crippen LogP contribution in [0.5, 0.6) is 0 Å². The van der Waals surface area contributed by atoms with Crippen molar-refractivity contribution in [3.63, 3.8) is 0 Å². The summed E-state index contributed by atoms with van der Waals surface area (Å²) in [7, 11) is 1.52. The molecule has 0 radical (unpaired) electrons. The first-order valence-electron chi connectivity index (χ1n) is 2.68. The summed E-state index contributed by atoms with van der Waals surface area (Å²) in [4.78, 5) is 10.6. The van der Waals surface area contributed by atoms with Crippen LogP contribution < -0.4 is 5.32 Å². The normalized spacial score (nSPS) is 12.3. The lowest BCUT2D eigenvalue weighted by atomic mass is 10.2. The van der Waals surface area contributed by atoms with Gasteiger partial charge < -0.3 is 10.4 Å². The number of carbonyl (C=O) groups excluding carboxylic acids is 1. The second kappa shape index (κ2) is 3.12. The predicted molar refractivity (Wildman–Crippen MR) is 35.1 cm³/mol. The Balaban J connectivity index is 4.21. The molecule has 0 bridgehead atoms. The van der Waals surface area contributed by atoms with Crippen molar-refractivity contribution in [3.05, 3.63) is 11.3 Å². The van der Waals surface area contributed by atoms with E-state index in [0.29, 0.717) is 5.57 Å². The van der Waals surface area contributed by atoms with Crippen molar-refractivity contribution in [3.8, 4) is 0 Å². The molecule has 0 aliphatic heterocycles. The van der Waals surface area contributed by atoms with Crippen molar-refractivity contribution in [2.24, 2.45) is 0 Å². The van der Waals surface area contributed by atoms with E-state index in [0.717, 1.165) is 0 Å². The third kappa shape index (κ3) is 2.17. The molecule has 0 aliphatic rings. The number of carbonyl (C=O) groups is 1. The van der Waals surface area contributed by atoms with E-state index >= 15 is 0 Å². The molecule has 0 fully saturated rings. The molecular weight excluding hydrogens is 118 g/mol. The number of likely N-dealkylation sites (N-methyl/N-ethyl adjacent to an activating group) is 1. The van der Waals surface area contributed by atoms with Crippen molar-refractivity contribution in [1.29, 1.82) is 0 Å². The zero-order valence-corrected chi connectivity index (χ0v) is 5.86. The van der Waals surface area contributed by atoms with Gasteiger partial charge in [0.25, 0.3) is 0 Å². The molecule has 0 atom stereocenters. The molecule has 0 rings (SSSR count). The fourth-order valence-corrected chi connectivity index (χ4v) is 0.352. The second-order valence-electron chi connectivity index (χ2n) is 1.79. The summed E-state index contributed by atoms with van der Waals surface area (Å²) in [5.74, 6) is -0.177. The minimum Gasteiger partial charge on any atom is -0.512 e. The highest BCUT2D eigenvalue weighted by Crippen LogP contribution is 1.97. The van der Waals surface area contributed by atoms with E-state index in [4.69, 9.17) is 5.11 Å². The zero-order chi connectivity index (χ0) is 7.44. The highest BCUT2D eigenvalue weighted by atomic mass is 16.3. The van der Waals surface area contributed by atoms with Crippen LogP contribution in [0.25, 0.3) is 0 Å². The third-order valence-electron chi connectivity index (χ3n) is 1.11. The minimum absolute atomic E-state index is 0.0642. The van der Waals surface area contributed by atoms with Crippen LogP contribution >= 0.6 is 0 Å². The van der Waals surface area contributed by atoms with Gasteiger partial charge in [0, 0.05) is 7.05 Å². The molecule has 9 heavy (non-hydrogen) atoms. The van der Waals surface area contributed by atoms with Crippen LogP contribution in [0.15, 0.2) is 11.3 Å². The standard InChI is InChI=1S/C6H11NO2/c1-4(5(2)8)6(9)7-3/h8H,1-3H3,(H,7,9)/b5-4+. The quantitative estimate of drug-likeness (QED) is 0.402. The highest BCUT2D eigenvalue weighted by molar-refractivity contribution is 5.92. The Kier molecular flexibility index (Phi) is 2.78. The lowest BCUT2D eigenvalue weighted by Gasteiger charge is -1.98. The van der Waals surface area contributed by atoms with Crippen molar-refractivity contribution in [2.75, 3.05) is 7.05 Å². The van der Waals surface area contributed by atoms with Gasteiger partial charge in [-0.25, -0.2) is 0 Å². The van der Waals surface area contributed by atoms with Gasteiger partial charge in [0.2, 0.25) is 5.91 Å². The van der Waals surface area contributed by atoms with Crippen molar-refractivity contribution in [2.45, 2.75) is 13.8 Å². The minimum atomic E-state index is -0.241. The average molecular weight is 129 g/mol. The molecule has 0 unspecified atom stereocenters. The van der Waals surface area contributed by atoms with E-state index < -0.39 is 0 Å². The summed E-state index contributed by atoms with van der Waals surface area (Å²) in [6.45, 7) is 3.04. The van der Waals surface area contributed by atoms with Crippen LogP contribution in [-0.4, -0.2) is 18.1 Å². The second-order valence-corrected chi connectivity index (χ2v) is 1.79. The molecule has 0 aromatic rings. The molecule has 0 saturated heterocycles. The van der Waals surface area contributed by atoms with Gasteiger partial charge in [-0.3, -0.25) is 4.79 Å². The SMILES string of the molecule is CNC(=O)/C(C)=C(\C)O. The summed E-state index contributed by atoms with van der Waals surface area (Å²) in [6, 6.07) is 0. The van der Waals surface area contributed by atoms with E-state index in [1.807, 2.05) is 0 Å². The maximum absolute atomic E-state index is 10.6. The predicted octanol–water partition coefficient (Wildman–Crippen LogP) is 0.584. The molecule has 3 nitrogen and oxygen atoms in total. The summed E-state index contributed by atoms with van der Waals surface area (Å²) in [5, 5.41) is 11.1. The summed E-state index contributed by atoms with van der Waals surface area (Å²) in [5.41, 5.74) is 0.359. The van der Waals surface area contributed by atoms with E-state index in [2.05, 4.69) is 5.32 Å². The lowest BCUT2D eigenvalue weighted by Crippen LogP contribution is -2.19. The van der Waals surface area contributed by atoms with Gasteiger partial charge >= 0.3 is 0 Å². The van der Waals surface area contributed by atoms with Gasteiger partial charge in [0.1, 0.15) is 0 Å². The van der Waals surface area contributed by atoms with Crippen LogP contribution in [0.2, 0.25) is 0 Å². The molecule has 0 aromatic heterocycles. The van der Waals surface area contributed by atoms with Crippen molar-refractivity contribution < 1.29 is 9.90 Å². The van der Waals surface area contributed by atoms with Crippen molar-refractivity contribution in [1.82, 2.24) is 5.32 Å². The molecule has 0 aliphatic carbocycles. The Morgan fingerprint density at radius 2 is 1.89 bits per heavy atom. The van der Waals surface area contributed by atoms with Crippen LogP contribution in [0.3, 0.4) is 0 Å². The molecule has 3 heteroatoms. The smallest absolute Gasteiger partial charge is 0.250 e. The summed E-state index contributed by atoms with van der Waals surface area (Å²) >= 11 is 0. The topological polar surface area (TPSA) is 49.3 Å². The monoisotopic (exact) mass is 129 g/mol. The van der Waals surface area contributed by atoms with E-state index in [-0.39, 0.29) is 11.7 Å². The first-order chi connectivity index (χ1) is 4.09. The first-order valence-corrected chi connectivity index (χ1v) is 2.68. The van der Waals surface area contributed by atoms with Crippen molar-refractivity contribution >= 4 is 5.91 Å². The zero-order valence-electron chi connectivity index (χ0n) is 5.86. The van der Waals surface area contributed by atoms with Crippen LogP contribution in [-0.2, 0) is 4.79 Å². The largest absolute Gasteiger partial charge is 0.512 e. The van der Waals surface area contributed by atoms with Gasteiger partial charge in [-0.15, -0.1) is 0 Å². The van der Waals surface area contributed by atoms with Crippen LogP contribution in [0.4, 0.5) is 0 Å². The van der Waals surface area contributed by atoms with Gasteiger partial charge in [-0.1, -0.05) is 0 Å². The molecule has 1 amide bonds. The Morgan fingerprint density at radius 1 is 1.44 bits per heavy atom. The Bertz CT molecular complexity index is 145. The van der Waals surface area contributed by atoms with E-state index in [9.17, 15) is 4.79 Å². The van der Waals surface area contributed by atoms with E-state index in [1.165, 1.54) is 14.0 Å². The van der Waals surface area contributed by atoms with Crippen LogP contribution in [0, 0.1) is 0 Å². The number of aliphatic hydroxyl groups excluding tert-OH is 1. The molecule has 0 heterocycles. The van der Waals surface area contributed by atoms with Gasteiger partial charge in [-0.05, 0) is 13.8 Å². The Morgan fingerprint density at radius 3 is 2.00 bits per heavy atom. The average Bonchev–Trinajstić information content (AvgIpc) is 1.84. The maximum Gasteiger partial charge on any atom is 0.250 e. The Labute approximate surface area is 54.4 Å². The molecule has 2 N–H and O–H groups in total. The summed E-state index contributed by atoms with van der Waals surface area (Å²) < 4.78 is 0. The third-order valence-corrected chi connectivity index (χ3v) is 1.11. The number of nitrogens with one attached hydrogen (secondary N) is 1. The number of hydrogen-bond acceptors (Lipinski definition) is 2. The molecule has 0 aromatic carbocycles. The van der Waals surface area contributed by atoms with Crippen LogP contribution in [0.1, 0.15) is 13.8 Å². The summed E-state index contributed by atoms with van der Waals surface area (Å²) in [6.07, 6.45) is 0. The van der Waals surface area contributed by atoms with Gasteiger partial charge in [-0.2, -0.15) is 0 Å². The molecule has 0 spiro atoms. The molecular formula is C6H11NO2.